The van der Waals surface area contributed by atoms with Crippen molar-refractivity contribution in [1.82, 2.24) is 9.97 Å². The third-order valence-corrected chi connectivity index (χ3v) is 2.22. The lowest BCUT2D eigenvalue weighted by Gasteiger charge is -1.92. The Bertz CT molecular complexity index is 477. The van der Waals surface area contributed by atoms with Gasteiger partial charge in [0.05, 0.1) is 0 Å². The molecule has 2 rings (SSSR count). The molecule has 0 aliphatic carbocycles. The second-order valence-corrected chi connectivity index (χ2v) is 3.24. The maximum Gasteiger partial charge on any atom is 0.433 e. The number of aromatic amines is 1. The molecule has 0 aliphatic heterocycles. The summed E-state index contributed by atoms with van der Waals surface area (Å²) < 4.78 is 0. The molecule has 0 saturated carbocycles. The number of rotatable bonds is 1. The Labute approximate surface area is 79.9 Å². The molecule has 1 N–H and O–H groups in total. The van der Waals surface area contributed by atoms with E-state index in [9.17, 15) is 10.1 Å². The molecule has 0 spiro atoms. The van der Waals surface area contributed by atoms with Crippen LogP contribution in [0, 0.1) is 24.0 Å². The first-order valence-corrected chi connectivity index (χ1v) is 4.20. The minimum absolute atomic E-state index is 0.197. The summed E-state index contributed by atoms with van der Waals surface area (Å²) in [5, 5.41) is 10.5. The lowest BCUT2D eigenvalue weighted by atomic mass is 10.1. The van der Waals surface area contributed by atoms with Crippen molar-refractivity contribution in [3.8, 4) is 0 Å². The van der Waals surface area contributed by atoms with E-state index in [4.69, 9.17) is 0 Å². The van der Waals surface area contributed by atoms with Crippen molar-refractivity contribution in [2.45, 2.75) is 13.8 Å². The topological polar surface area (TPSA) is 71.8 Å². The lowest BCUT2D eigenvalue weighted by Crippen LogP contribution is -1.88. The molecule has 0 radical (unpaired) electrons. The Balaban J connectivity index is 2.82. The van der Waals surface area contributed by atoms with Gasteiger partial charge in [0.25, 0.3) is 0 Å². The van der Waals surface area contributed by atoms with Gasteiger partial charge < -0.3 is 10.1 Å². The van der Waals surface area contributed by atoms with Gasteiger partial charge in [-0.1, -0.05) is 17.1 Å². The molecule has 0 saturated heterocycles. The first-order chi connectivity index (χ1) is 6.59. The van der Waals surface area contributed by atoms with E-state index in [0.29, 0.717) is 5.52 Å². The normalized spacial score (nSPS) is 10.7. The van der Waals surface area contributed by atoms with Gasteiger partial charge in [-0.05, 0) is 29.9 Å². The number of hydrogen-bond donors (Lipinski definition) is 1. The molecular formula is C9H9N3O2. The average molecular weight is 191 g/mol. The van der Waals surface area contributed by atoms with Crippen LogP contribution in [0.5, 0.6) is 0 Å². The molecule has 0 bridgehead atoms. The zero-order valence-corrected chi connectivity index (χ0v) is 7.87. The Kier molecular flexibility index (Phi) is 1.73. The van der Waals surface area contributed by atoms with Crippen LogP contribution >= 0.6 is 0 Å². The molecule has 0 unspecified atom stereocenters. The first kappa shape index (κ1) is 8.68. The summed E-state index contributed by atoms with van der Waals surface area (Å²) in [6, 6.07) is 3.82. The number of fused-ring (bicyclic) bond motifs is 1. The van der Waals surface area contributed by atoms with E-state index < -0.39 is 4.92 Å². The Morgan fingerprint density at radius 3 is 2.57 bits per heavy atom. The largest absolute Gasteiger partial charge is 0.433 e. The van der Waals surface area contributed by atoms with Gasteiger partial charge >= 0.3 is 5.95 Å². The summed E-state index contributed by atoms with van der Waals surface area (Å²) in [5.74, 6) is -0.197. The minimum atomic E-state index is -0.515. The molecule has 1 aromatic heterocycles. The SMILES string of the molecule is Cc1ccc(C)c2[nH]c([N+](=O)[O-])nc12. The molecular weight excluding hydrogens is 182 g/mol. The van der Waals surface area contributed by atoms with Crippen molar-refractivity contribution >= 4 is 17.0 Å². The number of aromatic nitrogens is 2. The fourth-order valence-electron chi connectivity index (χ4n) is 1.43. The highest BCUT2D eigenvalue weighted by atomic mass is 16.6. The predicted octanol–water partition coefficient (Wildman–Crippen LogP) is 2.09. The standard InChI is InChI=1S/C9H9N3O2/c1-5-3-4-6(2)8-7(5)10-9(11-8)12(13)14/h3-4H,1-2H3,(H,10,11). The monoisotopic (exact) mass is 191 g/mol. The van der Waals surface area contributed by atoms with E-state index >= 15 is 0 Å². The van der Waals surface area contributed by atoms with Crippen LogP contribution in [0.4, 0.5) is 5.95 Å². The highest BCUT2D eigenvalue weighted by Gasteiger charge is 2.16. The third kappa shape index (κ3) is 1.14. The van der Waals surface area contributed by atoms with Crippen molar-refractivity contribution in [2.24, 2.45) is 0 Å². The van der Waals surface area contributed by atoms with Crippen LogP contribution in [0.25, 0.3) is 11.0 Å². The quantitative estimate of drug-likeness (QED) is 0.554. The second kappa shape index (κ2) is 2.80. The van der Waals surface area contributed by atoms with Gasteiger partial charge in [-0.2, -0.15) is 0 Å². The van der Waals surface area contributed by atoms with Crippen molar-refractivity contribution in [1.29, 1.82) is 0 Å². The molecule has 5 heteroatoms. The number of benzene rings is 1. The number of nitro groups is 1. The minimum Gasteiger partial charge on any atom is -0.390 e. The summed E-state index contributed by atoms with van der Waals surface area (Å²) in [4.78, 5) is 16.6. The van der Waals surface area contributed by atoms with Crippen LogP contribution in [-0.2, 0) is 0 Å². The van der Waals surface area contributed by atoms with E-state index in [1.807, 2.05) is 26.0 Å². The first-order valence-electron chi connectivity index (χ1n) is 4.20. The highest BCUT2D eigenvalue weighted by Crippen LogP contribution is 2.22. The number of nitrogens with zero attached hydrogens (tertiary/aromatic N) is 2. The van der Waals surface area contributed by atoms with Gasteiger partial charge in [0.1, 0.15) is 5.52 Å². The van der Waals surface area contributed by atoms with Crippen molar-refractivity contribution in [2.75, 3.05) is 0 Å². The highest BCUT2D eigenvalue weighted by molar-refractivity contribution is 5.82. The number of imidazole rings is 1. The van der Waals surface area contributed by atoms with Gasteiger partial charge in [0.2, 0.25) is 0 Å². The summed E-state index contributed by atoms with van der Waals surface area (Å²) in [5.41, 5.74) is 3.33. The maximum atomic E-state index is 10.5. The van der Waals surface area contributed by atoms with E-state index in [0.717, 1.165) is 16.6 Å². The van der Waals surface area contributed by atoms with Crippen LogP contribution < -0.4 is 0 Å². The molecule has 72 valence electrons. The van der Waals surface area contributed by atoms with Gasteiger partial charge in [-0.25, -0.2) is 4.98 Å². The van der Waals surface area contributed by atoms with Crippen LogP contribution in [0.15, 0.2) is 12.1 Å². The number of aryl methyl sites for hydroxylation is 2. The Hall–Kier alpha value is -1.91. The molecule has 0 atom stereocenters. The fraction of sp³-hybridized carbons (Fsp3) is 0.222. The van der Waals surface area contributed by atoms with Crippen LogP contribution in [0.2, 0.25) is 0 Å². The second-order valence-electron chi connectivity index (χ2n) is 3.24. The molecule has 1 aromatic carbocycles. The van der Waals surface area contributed by atoms with Crippen molar-refractivity contribution in [3.63, 3.8) is 0 Å². The van der Waals surface area contributed by atoms with E-state index in [-0.39, 0.29) is 5.95 Å². The molecule has 0 amide bonds. The smallest absolute Gasteiger partial charge is 0.390 e. The summed E-state index contributed by atoms with van der Waals surface area (Å²) in [6.07, 6.45) is 0. The van der Waals surface area contributed by atoms with Crippen molar-refractivity contribution in [3.05, 3.63) is 33.4 Å². The third-order valence-electron chi connectivity index (χ3n) is 2.22. The average Bonchev–Trinajstić information content (AvgIpc) is 2.57. The summed E-state index contributed by atoms with van der Waals surface area (Å²) in [7, 11) is 0. The molecule has 5 nitrogen and oxygen atoms in total. The fourth-order valence-corrected chi connectivity index (χ4v) is 1.43. The van der Waals surface area contributed by atoms with E-state index in [1.54, 1.807) is 0 Å². The lowest BCUT2D eigenvalue weighted by molar-refractivity contribution is -0.393. The predicted molar refractivity (Wildman–Crippen MR) is 52.2 cm³/mol. The van der Waals surface area contributed by atoms with Gasteiger partial charge in [0, 0.05) is 0 Å². The van der Waals surface area contributed by atoms with Crippen LogP contribution in [0.3, 0.4) is 0 Å². The molecule has 0 fully saturated rings. The zero-order valence-electron chi connectivity index (χ0n) is 7.87. The Morgan fingerprint density at radius 1 is 1.36 bits per heavy atom. The zero-order chi connectivity index (χ0) is 10.3. The van der Waals surface area contributed by atoms with Crippen molar-refractivity contribution < 1.29 is 4.92 Å². The Morgan fingerprint density at radius 2 is 2.00 bits per heavy atom. The molecule has 1 heterocycles. The molecule has 0 aliphatic rings. The van der Waals surface area contributed by atoms with E-state index in [2.05, 4.69) is 9.97 Å². The number of H-pyrrole nitrogens is 1. The number of nitrogens with one attached hydrogen (secondary N) is 1. The van der Waals surface area contributed by atoms with Gasteiger partial charge in [-0.3, -0.25) is 0 Å². The summed E-state index contributed by atoms with van der Waals surface area (Å²) >= 11 is 0. The van der Waals surface area contributed by atoms with Gasteiger partial charge in [-0.15, -0.1) is 0 Å². The van der Waals surface area contributed by atoms with E-state index in [1.165, 1.54) is 0 Å². The number of hydrogen-bond acceptors (Lipinski definition) is 3. The van der Waals surface area contributed by atoms with Crippen LogP contribution in [-0.4, -0.2) is 14.9 Å². The van der Waals surface area contributed by atoms with Crippen LogP contribution in [0.1, 0.15) is 11.1 Å². The summed E-state index contributed by atoms with van der Waals surface area (Å²) in [6.45, 7) is 3.77. The molecule has 2 aromatic rings. The van der Waals surface area contributed by atoms with Gasteiger partial charge in [0.15, 0.2) is 5.52 Å². The maximum absolute atomic E-state index is 10.5. The molecule has 14 heavy (non-hydrogen) atoms.